The molecular formula is C33H49N5S4. The summed E-state index contributed by atoms with van der Waals surface area (Å²) in [5, 5.41) is 2.61. The minimum Gasteiger partial charge on any atom is -0.224 e. The van der Waals surface area contributed by atoms with Crippen LogP contribution in [0.5, 0.6) is 0 Å². The first-order valence-electron chi connectivity index (χ1n) is 16.9. The summed E-state index contributed by atoms with van der Waals surface area (Å²) in [4.78, 5) is 15.8. The summed E-state index contributed by atoms with van der Waals surface area (Å²) in [5.74, 6) is 2.51. The van der Waals surface area contributed by atoms with Crippen molar-refractivity contribution in [3.8, 4) is 11.4 Å². The third kappa shape index (κ3) is 9.13. The summed E-state index contributed by atoms with van der Waals surface area (Å²) >= 11 is 8.08. The maximum absolute atomic E-state index is 5.37. The van der Waals surface area contributed by atoms with Crippen LogP contribution in [-0.4, -0.2) is 36.0 Å². The van der Waals surface area contributed by atoms with E-state index in [2.05, 4.69) is 37.8 Å². The Bertz CT molecular complexity index is 965. The molecule has 0 atom stereocenters. The summed E-state index contributed by atoms with van der Waals surface area (Å²) in [6, 6.07) is 10.6. The van der Waals surface area contributed by atoms with Gasteiger partial charge in [0.25, 0.3) is 11.9 Å². The molecule has 1 heterocycles. The zero-order chi connectivity index (χ0) is 28.4. The van der Waals surface area contributed by atoms with E-state index in [0.717, 1.165) is 23.3 Å². The van der Waals surface area contributed by atoms with E-state index in [0.29, 0.717) is 21.0 Å². The summed E-state index contributed by atoms with van der Waals surface area (Å²) in [6.45, 7) is 0. The lowest BCUT2D eigenvalue weighted by Crippen LogP contribution is -2.24. The molecule has 4 fully saturated rings. The summed E-state index contributed by atoms with van der Waals surface area (Å²) in [6.07, 6.45) is 26.7. The van der Waals surface area contributed by atoms with Crippen molar-refractivity contribution in [1.29, 1.82) is 0 Å². The fraction of sp³-hybridized carbons (Fsp3) is 0.727. The number of rotatable bonds is 11. The van der Waals surface area contributed by atoms with E-state index in [4.69, 9.17) is 15.0 Å². The van der Waals surface area contributed by atoms with E-state index in [1.54, 1.807) is 0 Å². The predicted octanol–water partition coefficient (Wildman–Crippen LogP) is 11.1. The van der Waals surface area contributed by atoms with Crippen LogP contribution in [0.2, 0.25) is 0 Å². The average Bonchev–Trinajstić information content (AvgIpc) is 3.06. The Morgan fingerprint density at radius 3 is 1.10 bits per heavy atom. The lowest BCUT2D eigenvalue weighted by atomic mass is 10.0. The molecule has 9 heteroatoms. The van der Waals surface area contributed by atoms with Crippen molar-refractivity contribution in [2.45, 2.75) is 149 Å². The van der Waals surface area contributed by atoms with Crippen molar-refractivity contribution in [2.75, 3.05) is 7.42 Å². The van der Waals surface area contributed by atoms with Gasteiger partial charge >= 0.3 is 0 Å². The predicted molar refractivity (Wildman–Crippen MR) is 188 cm³/mol. The van der Waals surface area contributed by atoms with Crippen LogP contribution in [0.3, 0.4) is 0 Å². The highest BCUT2D eigenvalue weighted by Crippen LogP contribution is 2.45. The highest BCUT2D eigenvalue weighted by atomic mass is 32.2. The average molecular weight is 644 g/mol. The second-order valence-electron chi connectivity index (χ2n) is 12.6. The third-order valence-electron chi connectivity index (χ3n) is 9.16. The number of aromatic nitrogens is 3. The van der Waals surface area contributed by atoms with Crippen molar-refractivity contribution in [2.24, 2.45) is 0 Å². The number of nitrogens with zero attached hydrogens (tertiary/aromatic N) is 5. The van der Waals surface area contributed by atoms with Crippen molar-refractivity contribution in [3.05, 3.63) is 30.3 Å². The molecule has 0 radical (unpaired) electrons. The number of hydrogen-bond donors (Lipinski definition) is 0. The Morgan fingerprint density at radius 2 is 0.762 bits per heavy atom. The van der Waals surface area contributed by atoms with Gasteiger partial charge in [-0.2, -0.15) is 15.0 Å². The molecule has 5 nitrogen and oxygen atoms in total. The van der Waals surface area contributed by atoms with Crippen molar-refractivity contribution in [3.63, 3.8) is 0 Å². The normalized spacial score (nSPS) is 21.8. The minimum absolute atomic E-state index is 0.652. The Kier molecular flexibility index (Phi) is 12.3. The summed E-state index contributed by atoms with van der Waals surface area (Å²) in [7, 11) is 0. The highest BCUT2D eigenvalue weighted by Gasteiger charge is 2.30. The topological polar surface area (TPSA) is 45.2 Å². The molecule has 4 saturated carbocycles. The first kappa shape index (κ1) is 31.2. The van der Waals surface area contributed by atoms with E-state index in [1.807, 2.05) is 47.8 Å². The van der Waals surface area contributed by atoms with E-state index in [9.17, 15) is 0 Å². The Hall–Kier alpha value is -0.770. The molecule has 0 spiro atoms. The molecule has 6 rings (SSSR count). The van der Waals surface area contributed by atoms with Crippen LogP contribution in [0.15, 0.2) is 30.3 Å². The van der Waals surface area contributed by atoms with Gasteiger partial charge in [0.2, 0.25) is 0 Å². The lowest BCUT2D eigenvalue weighted by Gasteiger charge is -2.33. The molecule has 0 saturated heterocycles. The van der Waals surface area contributed by atoms with Crippen LogP contribution in [0, 0.1) is 0 Å². The maximum atomic E-state index is 5.37. The molecule has 1 aromatic carbocycles. The first-order chi connectivity index (χ1) is 20.8. The molecule has 0 N–H and O–H groups in total. The van der Waals surface area contributed by atoms with Crippen LogP contribution < -0.4 is 7.42 Å². The SMILES string of the molecule is c1ccc(-c2nc(N(SC3CCCCC3)SC3CCCCC3)nc(N(SC3CCCCC3)SC3CCCCC3)n2)cc1. The first-order valence-corrected chi connectivity index (χ1v) is 20.2. The van der Waals surface area contributed by atoms with E-state index in [-0.39, 0.29) is 0 Å². The van der Waals surface area contributed by atoms with Gasteiger partial charge in [-0.25, -0.2) is 7.42 Å². The number of anilines is 2. The van der Waals surface area contributed by atoms with E-state index < -0.39 is 0 Å². The largest absolute Gasteiger partial charge is 0.251 e. The zero-order valence-corrected chi connectivity index (χ0v) is 28.5. The molecule has 230 valence electrons. The van der Waals surface area contributed by atoms with Gasteiger partial charge in [0, 0.05) is 26.6 Å². The minimum atomic E-state index is 0.652. The molecule has 0 amide bonds. The fourth-order valence-electron chi connectivity index (χ4n) is 6.70. The van der Waals surface area contributed by atoms with Crippen molar-refractivity contribution < 1.29 is 0 Å². The summed E-state index contributed by atoms with van der Waals surface area (Å²) < 4.78 is 4.89. The van der Waals surface area contributed by atoms with Gasteiger partial charge in [-0.05, 0) is 99.2 Å². The van der Waals surface area contributed by atoms with Gasteiger partial charge in [-0.3, -0.25) is 0 Å². The number of hydrogen-bond acceptors (Lipinski definition) is 9. The Balaban J connectivity index is 1.35. The standard InChI is InChI=1S/C33H49N5S4/c1-6-16-26(17-7-1)31-34-32(37(39-27-18-8-2-9-19-27)40-28-20-10-3-11-21-28)36-33(35-31)38(41-29-22-12-4-13-23-29)42-30-24-14-5-15-25-30/h1,6-7,16-17,27-30H,2-5,8-15,18-25H2. The van der Waals surface area contributed by atoms with Gasteiger partial charge in [-0.1, -0.05) is 107 Å². The molecule has 42 heavy (non-hydrogen) atoms. The monoisotopic (exact) mass is 643 g/mol. The van der Waals surface area contributed by atoms with E-state index >= 15 is 0 Å². The third-order valence-corrected chi connectivity index (χ3v) is 14.7. The molecule has 0 unspecified atom stereocenters. The van der Waals surface area contributed by atoms with Gasteiger partial charge in [0.1, 0.15) is 0 Å². The molecule has 0 bridgehead atoms. The molecule has 4 aliphatic rings. The molecule has 1 aromatic heterocycles. The van der Waals surface area contributed by atoms with Crippen LogP contribution >= 0.6 is 47.8 Å². The van der Waals surface area contributed by atoms with Crippen LogP contribution in [0.25, 0.3) is 11.4 Å². The smallest absolute Gasteiger partial charge is 0.224 e. The second kappa shape index (κ2) is 16.5. The highest BCUT2D eigenvalue weighted by molar-refractivity contribution is 8.19. The number of benzene rings is 1. The van der Waals surface area contributed by atoms with Gasteiger partial charge in [-0.15, -0.1) is 0 Å². The van der Waals surface area contributed by atoms with Gasteiger partial charge in [0.05, 0.1) is 0 Å². The molecular weight excluding hydrogens is 595 g/mol. The second-order valence-corrected chi connectivity index (χ2v) is 18.0. The Morgan fingerprint density at radius 1 is 0.429 bits per heavy atom. The molecule has 0 aliphatic heterocycles. The van der Waals surface area contributed by atoms with Crippen LogP contribution in [0.4, 0.5) is 11.9 Å². The molecule has 4 aliphatic carbocycles. The zero-order valence-electron chi connectivity index (χ0n) is 25.2. The fourth-order valence-corrected chi connectivity index (χ4v) is 12.5. The Labute approximate surface area is 271 Å². The quantitative estimate of drug-likeness (QED) is 0.222. The summed E-state index contributed by atoms with van der Waals surface area (Å²) in [5.41, 5.74) is 1.08. The van der Waals surface area contributed by atoms with E-state index in [1.165, 1.54) is 128 Å². The van der Waals surface area contributed by atoms with Crippen molar-refractivity contribution in [1.82, 2.24) is 15.0 Å². The van der Waals surface area contributed by atoms with Crippen LogP contribution in [0.1, 0.15) is 128 Å². The van der Waals surface area contributed by atoms with Crippen molar-refractivity contribution >= 4 is 59.7 Å². The maximum Gasteiger partial charge on any atom is 0.251 e. The van der Waals surface area contributed by atoms with Crippen LogP contribution in [-0.2, 0) is 0 Å². The molecule has 2 aromatic rings. The van der Waals surface area contributed by atoms with Gasteiger partial charge < -0.3 is 0 Å². The van der Waals surface area contributed by atoms with Gasteiger partial charge in [0.15, 0.2) is 5.82 Å². The lowest BCUT2D eigenvalue weighted by molar-refractivity contribution is 0.514.